The third-order valence-corrected chi connectivity index (χ3v) is 5.59. The summed E-state index contributed by atoms with van der Waals surface area (Å²) < 4.78 is 72.0. The molecule has 0 bridgehead atoms. The van der Waals surface area contributed by atoms with Gasteiger partial charge < -0.3 is 9.84 Å². The highest BCUT2D eigenvalue weighted by molar-refractivity contribution is 5.30. The second-order valence-electron chi connectivity index (χ2n) is 7.99. The molecule has 184 valence electrons. The highest BCUT2D eigenvalue weighted by atomic mass is 19.4. The van der Waals surface area contributed by atoms with Gasteiger partial charge in [-0.3, -0.25) is 4.68 Å². The first-order chi connectivity index (χ1) is 16.5. The van der Waals surface area contributed by atoms with Crippen LogP contribution in [0.4, 0.5) is 22.0 Å². The van der Waals surface area contributed by atoms with Crippen molar-refractivity contribution in [3.05, 3.63) is 95.8 Å². The number of hydrogen-bond donors (Lipinski definition) is 1. The largest absolute Gasteiger partial charge is 0.573 e. The Kier molecular flexibility index (Phi) is 6.57. The number of halogens is 5. The first kappa shape index (κ1) is 24.3. The van der Waals surface area contributed by atoms with Gasteiger partial charge in [0.25, 0.3) is 0 Å². The van der Waals surface area contributed by atoms with Crippen LogP contribution in [-0.2, 0) is 18.7 Å². The molecule has 2 atom stereocenters. The Balaban J connectivity index is 1.58. The van der Waals surface area contributed by atoms with Crippen LogP contribution in [0, 0.1) is 11.6 Å². The Labute approximate surface area is 196 Å². The molecule has 2 aromatic heterocycles. The first-order valence-corrected chi connectivity index (χ1v) is 10.4. The monoisotopic (exact) mass is 493 g/mol. The third-order valence-electron chi connectivity index (χ3n) is 5.59. The lowest BCUT2D eigenvalue weighted by atomic mass is 9.80. The van der Waals surface area contributed by atoms with Gasteiger partial charge in [-0.15, -0.1) is 13.2 Å². The molecule has 4 rings (SSSR count). The standard InChI is InChI=1S/C23H20F5N5O2/c1-15(22(34,12-33-14-29-13-30-33)19-7-4-17(24)10-20(19)25)21-8-9-32(31-21)11-16-2-5-18(6-3-16)35-23(26,27)28/h2-10,13-15,34H,11-12H2,1H3/t15-,22+/m0/s1. The van der Waals surface area contributed by atoms with Crippen LogP contribution >= 0.6 is 0 Å². The molecule has 0 saturated heterocycles. The zero-order chi connectivity index (χ0) is 25.2. The summed E-state index contributed by atoms with van der Waals surface area (Å²) in [6.07, 6.45) is -0.514. The number of alkyl halides is 3. The van der Waals surface area contributed by atoms with Gasteiger partial charge in [0, 0.05) is 23.7 Å². The maximum atomic E-state index is 14.7. The fourth-order valence-electron chi connectivity index (χ4n) is 3.78. The van der Waals surface area contributed by atoms with Gasteiger partial charge in [0.2, 0.25) is 0 Å². The van der Waals surface area contributed by atoms with Crippen molar-refractivity contribution < 1.29 is 31.8 Å². The van der Waals surface area contributed by atoms with Crippen LogP contribution in [0.2, 0.25) is 0 Å². The Morgan fingerprint density at radius 2 is 1.77 bits per heavy atom. The summed E-state index contributed by atoms with van der Waals surface area (Å²) in [6, 6.07) is 9.91. The minimum Gasteiger partial charge on any atom is -0.406 e. The molecule has 2 aromatic carbocycles. The van der Waals surface area contributed by atoms with Crippen molar-refractivity contribution in [2.75, 3.05) is 0 Å². The summed E-state index contributed by atoms with van der Waals surface area (Å²) in [5.41, 5.74) is -0.921. The van der Waals surface area contributed by atoms with Gasteiger partial charge in [-0.1, -0.05) is 25.1 Å². The number of hydrogen-bond acceptors (Lipinski definition) is 5. The molecule has 12 heteroatoms. The normalized spacial score (nSPS) is 14.5. The molecule has 0 aliphatic carbocycles. The second-order valence-corrected chi connectivity index (χ2v) is 7.99. The molecule has 0 aliphatic heterocycles. The van der Waals surface area contributed by atoms with Crippen molar-refractivity contribution in [1.29, 1.82) is 0 Å². The van der Waals surface area contributed by atoms with Gasteiger partial charge >= 0.3 is 6.36 Å². The highest BCUT2D eigenvalue weighted by Gasteiger charge is 2.41. The van der Waals surface area contributed by atoms with E-state index in [0.717, 1.165) is 6.07 Å². The van der Waals surface area contributed by atoms with Crippen molar-refractivity contribution >= 4 is 0 Å². The molecule has 35 heavy (non-hydrogen) atoms. The number of ether oxygens (including phenoxy) is 1. The molecule has 0 radical (unpaired) electrons. The fraction of sp³-hybridized carbons (Fsp3) is 0.261. The fourth-order valence-corrected chi connectivity index (χ4v) is 3.78. The molecule has 7 nitrogen and oxygen atoms in total. The highest BCUT2D eigenvalue weighted by Crippen LogP contribution is 2.39. The number of benzene rings is 2. The SMILES string of the molecule is C[C@@H](c1ccn(Cc2ccc(OC(F)(F)F)cc2)n1)[C@](O)(Cn1cncn1)c1ccc(F)cc1F. The first-order valence-electron chi connectivity index (χ1n) is 10.4. The summed E-state index contributed by atoms with van der Waals surface area (Å²) in [7, 11) is 0. The predicted octanol–water partition coefficient (Wildman–Crippen LogP) is 4.39. The summed E-state index contributed by atoms with van der Waals surface area (Å²) in [6.45, 7) is 1.70. The second kappa shape index (κ2) is 9.45. The number of nitrogens with zero attached hydrogens (tertiary/aromatic N) is 5. The molecule has 0 unspecified atom stereocenters. The van der Waals surface area contributed by atoms with Crippen molar-refractivity contribution in [3.63, 3.8) is 0 Å². The van der Waals surface area contributed by atoms with Crippen LogP contribution in [0.3, 0.4) is 0 Å². The molecule has 2 heterocycles. The van der Waals surface area contributed by atoms with Gasteiger partial charge in [0.1, 0.15) is 35.6 Å². The van der Waals surface area contributed by atoms with Gasteiger partial charge in [-0.25, -0.2) is 18.4 Å². The molecule has 0 spiro atoms. The molecule has 0 amide bonds. The van der Waals surface area contributed by atoms with Crippen molar-refractivity contribution in [2.24, 2.45) is 0 Å². The van der Waals surface area contributed by atoms with E-state index in [-0.39, 0.29) is 24.4 Å². The minimum atomic E-state index is -4.78. The van der Waals surface area contributed by atoms with E-state index in [0.29, 0.717) is 17.3 Å². The van der Waals surface area contributed by atoms with Crippen molar-refractivity contribution in [1.82, 2.24) is 24.5 Å². The quantitative estimate of drug-likeness (QED) is 0.369. The van der Waals surface area contributed by atoms with E-state index in [1.165, 1.54) is 52.4 Å². The number of aromatic nitrogens is 5. The number of aliphatic hydroxyl groups is 1. The average molecular weight is 493 g/mol. The van der Waals surface area contributed by atoms with Crippen molar-refractivity contribution in [2.45, 2.75) is 37.9 Å². The van der Waals surface area contributed by atoms with E-state index in [1.54, 1.807) is 19.2 Å². The maximum absolute atomic E-state index is 14.7. The predicted molar refractivity (Wildman–Crippen MR) is 113 cm³/mol. The molecular formula is C23H20F5N5O2. The zero-order valence-corrected chi connectivity index (χ0v) is 18.3. The lowest BCUT2D eigenvalue weighted by molar-refractivity contribution is -0.274. The maximum Gasteiger partial charge on any atom is 0.573 e. The Hall–Kier alpha value is -3.80. The van der Waals surface area contributed by atoms with Gasteiger partial charge in [-0.2, -0.15) is 10.2 Å². The van der Waals surface area contributed by atoms with E-state index in [9.17, 15) is 27.1 Å². The van der Waals surface area contributed by atoms with Crippen LogP contribution < -0.4 is 4.74 Å². The number of rotatable bonds is 8. The lowest BCUT2D eigenvalue weighted by Gasteiger charge is -2.34. The average Bonchev–Trinajstić information content (AvgIpc) is 3.45. The van der Waals surface area contributed by atoms with Crippen LogP contribution in [0.5, 0.6) is 5.75 Å². The Bertz CT molecular complexity index is 1270. The van der Waals surface area contributed by atoms with Gasteiger partial charge in [0.15, 0.2) is 0 Å². The van der Waals surface area contributed by atoms with E-state index in [4.69, 9.17) is 0 Å². The molecule has 4 aromatic rings. The minimum absolute atomic E-state index is 0.128. The Morgan fingerprint density at radius 3 is 2.40 bits per heavy atom. The smallest absolute Gasteiger partial charge is 0.406 e. The third kappa shape index (κ3) is 5.65. The molecule has 0 saturated carbocycles. The zero-order valence-electron chi connectivity index (χ0n) is 18.3. The molecule has 0 fully saturated rings. The molecular weight excluding hydrogens is 473 g/mol. The van der Waals surface area contributed by atoms with Crippen LogP contribution in [0.1, 0.15) is 29.7 Å². The van der Waals surface area contributed by atoms with E-state index in [1.807, 2.05) is 0 Å². The topological polar surface area (TPSA) is 78.0 Å². The lowest BCUT2D eigenvalue weighted by Crippen LogP contribution is -2.38. The summed E-state index contributed by atoms with van der Waals surface area (Å²) in [4.78, 5) is 3.84. The van der Waals surface area contributed by atoms with Crippen LogP contribution in [0.25, 0.3) is 0 Å². The molecule has 1 N–H and O–H groups in total. The van der Waals surface area contributed by atoms with Gasteiger partial charge in [-0.05, 0) is 29.8 Å². The van der Waals surface area contributed by atoms with E-state index < -0.39 is 29.5 Å². The van der Waals surface area contributed by atoms with E-state index in [2.05, 4.69) is 19.9 Å². The Morgan fingerprint density at radius 1 is 1.03 bits per heavy atom. The summed E-state index contributed by atoms with van der Waals surface area (Å²) in [5, 5.41) is 20.1. The van der Waals surface area contributed by atoms with Gasteiger partial charge in [0.05, 0.1) is 18.8 Å². The van der Waals surface area contributed by atoms with Crippen LogP contribution in [-0.4, -0.2) is 36.0 Å². The van der Waals surface area contributed by atoms with Crippen molar-refractivity contribution in [3.8, 4) is 5.75 Å². The summed E-state index contributed by atoms with van der Waals surface area (Å²) >= 11 is 0. The van der Waals surface area contributed by atoms with E-state index >= 15 is 0 Å². The molecule has 0 aliphatic rings. The summed E-state index contributed by atoms with van der Waals surface area (Å²) in [5.74, 6) is -2.80. The van der Waals surface area contributed by atoms with Crippen LogP contribution in [0.15, 0.2) is 67.4 Å².